The van der Waals surface area contributed by atoms with Gasteiger partial charge in [0.1, 0.15) is 11.2 Å². The third-order valence-electron chi connectivity index (χ3n) is 3.34. The SMILES string of the molecule is CCC[C@]1(C(=O)OC)C(=O)CCC1C. The lowest BCUT2D eigenvalue weighted by Crippen LogP contribution is -2.40. The van der Waals surface area contributed by atoms with E-state index in [1.165, 1.54) is 7.11 Å². The van der Waals surface area contributed by atoms with Gasteiger partial charge in [-0.05, 0) is 18.8 Å². The molecule has 0 amide bonds. The fraction of sp³-hybridized carbons (Fsp3) is 0.818. The third-order valence-corrected chi connectivity index (χ3v) is 3.34. The fourth-order valence-electron chi connectivity index (χ4n) is 2.47. The number of methoxy groups -OCH3 is 1. The predicted molar refractivity (Wildman–Crippen MR) is 52.8 cm³/mol. The van der Waals surface area contributed by atoms with Crippen LogP contribution in [0, 0.1) is 11.3 Å². The van der Waals surface area contributed by atoms with Crippen LogP contribution in [-0.2, 0) is 14.3 Å². The van der Waals surface area contributed by atoms with Crippen molar-refractivity contribution in [2.75, 3.05) is 7.11 Å². The molecule has 1 unspecified atom stereocenters. The van der Waals surface area contributed by atoms with Gasteiger partial charge in [-0.2, -0.15) is 0 Å². The van der Waals surface area contributed by atoms with E-state index in [1.807, 2.05) is 13.8 Å². The fourth-order valence-corrected chi connectivity index (χ4v) is 2.47. The molecule has 0 spiro atoms. The van der Waals surface area contributed by atoms with Gasteiger partial charge in [0.25, 0.3) is 0 Å². The van der Waals surface area contributed by atoms with Crippen LogP contribution in [0.5, 0.6) is 0 Å². The molecule has 0 radical (unpaired) electrons. The molecule has 0 N–H and O–H groups in total. The van der Waals surface area contributed by atoms with Crippen LogP contribution >= 0.6 is 0 Å². The molecule has 80 valence electrons. The van der Waals surface area contributed by atoms with Gasteiger partial charge in [0.15, 0.2) is 0 Å². The molecular weight excluding hydrogens is 180 g/mol. The number of ketones is 1. The molecule has 1 aliphatic rings. The van der Waals surface area contributed by atoms with Crippen molar-refractivity contribution in [2.45, 2.75) is 39.5 Å². The van der Waals surface area contributed by atoms with E-state index in [0.29, 0.717) is 12.8 Å². The standard InChI is InChI=1S/C11H18O3/c1-4-7-11(10(13)14-3)8(2)5-6-9(11)12/h8H,4-7H2,1-3H3/t8?,11-/m1/s1. The molecule has 0 saturated heterocycles. The first-order valence-corrected chi connectivity index (χ1v) is 5.21. The predicted octanol–water partition coefficient (Wildman–Crippen LogP) is 1.94. The molecule has 3 heteroatoms. The summed E-state index contributed by atoms with van der Waals surface area (Å²) in [6, 6.07) is 0. The van der Waals surface area contributed by atoms with Crippen molar-refractivity contribution < 1.29 is 14.3 Å². The largest absolute Gasteiger partial charge is 0.468 e. The maximum atomic E-state index is 11.8. The van der Waals surface area contributed by atoms with Crippen LogP contribution in [0.15, 0.2) is 0 Å². The second-order valence-electron chi connectivity index (χ2n) is 4.08. The van der Waals surface area contributed by atoms with E-state index in [1.54, 1.807) is 0 Å². The molecule has 0 aliphatic heterocycles. The normalized spacial score (nSPS) is 31.9. The average molecular weight is 198 g/mol. The van der Waals surface area contributed by atoms with Gasteiger partial charge in [0, 0.05) is 6.42 Å². The summed E-state index contributed by atoms with van der Waals surface area (Å²) in [4.78, 5) is 23.5. The first kappa shape index (κ1) is 11.2. The maximum Gasteiger partial charge on any atom is 0.319 e. The third kappa shape index (κ3) is 1.45. The Morgan fingerprint density at radius 3 is 2.64 bits per heavy atom. The van der Waals surface area contributed by atoms with E-state index in [4.69, 9.17) is 4.74 Å². The molecule has 1 rings (SSSR count). The van der Waals surface area contributed by atoms with Gasteiger partial charge in [0.2, 0.25) is 0 Å². The maximum absolute atomic E-state index is 11.8. The van der Waals surface area contributed by atoms with E-state index in [0.717, 1.165) is 12.8 Å². The van der Waals surface area contributed by atoms with Crippen molar-refractivity contribution in [3.8, 4) is 0 Å². The van der Waals surface area contributed by atoms with Gasteiger partial charge in [-0.3, -0.25) is 9.59 Å². The Kier molecular flexibility index (Phi) is 3.29. The number of ether oxygens (including phenoxy) is 1. The van der Waals surface area contributed by atoms with Gasteiger partial charge in [-0.1, -0.05) is 20.3 Å². The minimum Gasteiger partial charge on any atom is -0.468 e. The van der Waals surface area contributed by atoms with Crippen LogP contribution in [0.25, 0.3) is 0 Å². The number of carbonyl (C=O) groups excluding carboxylic acids is 2. The molecule has 0 aromatic heterocycles. The molecule has 1 fully saturated rings. The number of carbonyl (C=O) groups is 2. The minimum atomic E-state index is -0.830. The summed E-state index contributed by atoms with van der Waals surface area (Å²) in [6.07, 6.45) is 2.80. The van der Waals surface area contributed by atoms with E-state index in [-0.39, 0.29) is 17.7 Å². The van der Waals surface area contributed by atoms with Crippen molar-refractivity contribution in [1.82, 2.24) is 0 Å². The molecule has 2 atom stereocenters. The zero-order chi connectivity index (χ0) is 10.8. The summed E-state index contributed by atoms with van der Waals surface area (Å²) in [5, 5.41) is 0. The highest BCUT2D eigenvalue weighted by Crippen LogP contribution is 2.44. The van der Waals surface area contributed by atoms with Crippen molar-refractivity contribution in [2.24, 2.45) is 11.3 Å². The summed E-state index contributed by atoms with van der Waals surface area (Å²) in [5.74, 6) is -0.143. The molecule has 14 heavy (non-hydrogen) atoms. The second-order valence-corrected chi connectivity index (χ2v) is 4.08. The Balaban J connectivity index is 3.01. The van der Waals surface area contributed by atoms with Crippen LogP contribution in [0.1, 0.15) is 39.5 Å². The van der Waals surface area contributed by atoms with Gasteiger partial charge in [-0.25, -0.2) is 0 Å². The van der Waals surface area contributed by atoms with Crippen molar-refractivity contribution in [1.29, 1.82) is 0 Å². The van der Waals surface area contributed by atoms with Gasteiger partial charge < -0.3 is 4.74 Å². The smallest absolute Gasteiger partial charge is 0.319 e. The summed E-state index contributed by atoms with van der Waals surface area (Å²) < 4.78 is 4.77. The van der Waals surface area contributed by atoms with Crippen LogP contribution in [0.3, 0.4) is 0 Å². The monoisotopic (exact) mass is 198 g/mol. The lowest BCUT2D eigenvalue weighted by atomic mass is 9.74. The average Bonchev–Trinajstić information content (AvgIpc) is 2.46. The highest BCUT2D eigenvalue weighted by atomic mass is 16.5. The number of hydrogen-bond donors (Lipinski definition) is 0. The Labute approximate surface area is 84.8 Å². The summed E-state index contributed by atoms with van der Waals surface area (Å²) >= 11 is 0. The van der Waals surface area contributed by atoms with E-state index in [9.17, 15) is 9.59 Å². The lowest BCUT2D eigenvalue weighted by Gasteiger charge is -2.28. The zero-order valence-electron chi connectivity index (χ0n) is 9.13. The second kappa shape index (κ2) is 4.11. The first-order valence-electron chi connectivity index (χ1n) is 5.21. The van der Waals surface area contributed by atoms with Crippen LogP contribution in [0.4, 0.5) is 0 Å². The van der Waals surface area contributed by atoms with Crippen LogP contribution in [-0.4, -0.2) is 18.9 Å². The topological polar surface area (TPSA) is 43.4 Å². The van der Waals surface area contributed by atoms with Crippen LogP contribution < -0.4 is 0 Å². The molecule has 0 heterocycles. The first-order chi connectivity index (χ1) is 6.59. The number of rotatable bonds is 3. The Morgan fingerprint density at radius 2 is 2.29 bits per heavy atom. The molecule has 0 aromatic carbocycles. The van der Waals surface area contributed by atoms with E-state index >= 15 is 0 Å². The molecule has 1 aliphatic carbocycles. The van der Waals surface area contributed by atoms with Gasteiger partial charge in [0.05, 0.1) is 7.11 Å². The molecule has 3 nitrogen and oxygen atoms in total. The van der Waals surface area contributed by atoms with Crippen molar-refractivity contribution in [3.05, 3.63) is 0 Å². The molecular formula is C11H18O3. The summed E-state index contributed by atoms with van der Waals surface area (Å²) in [5.41, 5.74) is -0.830. The number of Topliss-reactive ketones (excluding diaryl/α,β-unsaturated/α-hetero) is 1. The molecule has 1 saturated carbocycles. The number of esters is 1. The van der Waals surface area contributed by atoms with Crippen molar-refractivity contribution >= 4 is 11.8 Å². The summed E-state index contributed by atoms with van der Waals surface area (Å²) in [7, 11) is 1.36. The van der Waals surface area contributed by atoms with Gasteiger partial charge in [-0.15, -0.1) is 0 Å². The Hall–Kier alpha value is -0.860. The quantitative estimate of drug-likeness (QED) is 0.514. The Bertz CT molecular complexity index is 247. The van der Waals surface area contributed by atoms with E-state index < -0.39 is 5.41 Å². The zero-order valence-corrected chi connectivity index (χ0v) is 9.13. The molecule has 0 aromatic rings. The Morgan fingerprint density at radius 1 is 1.64 bits per heavy atom. The van der Waals surface area contributed by atoms with E-state index in [2.05, 4.69) is 0 Å². The van der Waals surface area contributed by atoms with Gasteiger partial charge >= 0.3 is 5.97 Å². The lowest BCUT2D eigenvalue weighted by molar-refractivity contribution is -0.159. The minimum absolute atomic E-state index is 0.0682. The highest BCUT2D eigenvalue weighted by molar-refractivity contribution is 6.05. The van der Waals surface area contributed by atoms with Crippen molar-refractivity contribution in [3.63, 3.8) is 0 Å². The number of hydrogen-bond acceptors (Lipinski definition) is 3. The van der Waals surface area contributed by atoms with Crippen LogP contribution in [0.2, 0.25) is 0 Å². The molecule has 0 bridgehead atoms. The summed E-state index contributed by atoms with van der Waals surface area (Å²) in [6.45, 7) is 3.96. The highest BCUT2D eigenvalue weighted by Gasteiger charge is 2.53.